The number of nitroso groups, excluding NO2 is 1. The number of rotatable bonds is 8. The second kappa shape index (κ2) is 8.70. The van der Waals surface area contributed by atoms with E-state index in [-0.39, 0.29) is 24.0 Å². The molecule has 0 aliphatic heterocycles. The van der Waals surface area contributed by atoms with Crippen LogP contribution in [0, 0.1) is 4.91 Å². The lowest BCUT2D eigenvalue weighted by atomic mass is 10.3. The number of thiol groups is 1. The van der Waals surface area contributed by atoms with Gasteiger partial charge < -0.3 is 9.88 Å². The Hall–Kier alpha value is -1.67. The van der Waals surface area contributed by atoms with Crippen LogP contribution in [0.25, 0.3) is 0 Å². The van der Waals surface area contributed by atoms with Gasteiger partial charge in [-0.2, -0.15) is 12.6 Å². The zero-order valence-electron chi connectivity index (χ0n) is 13.1. The van der Waals surface area contributed by atoms with Crippen LogP contribution in [-0.2, 0) is 11.3 Å². The van der Waals surface area contributed by atoms with Crippen molar-refractivity contribution >= 4 is 24.2 Å². The molecule has 1 amide bonds. The number of hydrogen-bond acceptors (Lipinski definition) is 5. The fourth-order valence-corrected chi connectivity index (χ4v) is 2.11. The molecule has 1 aromatic heterocycles. The van der Waals surface area contributed by atoms with Gasteiger partial charge in [0.25, 0.3) is 17.5 Å². The number of amides is 1. The van der Waals surface area contributed by atoms with Crippen LogP contribution in [0.4, 0.5) is 5.69 Å². The summed E-state index contributed by atoms with van der Waals surface area (Å²) in [4.78, 5) is 35.7. The van der Waals surface area contributed by atoms with Gasteiger partial charge in [-0.25, -0.2) is 0 Å². The molecule has 0 aromatic carbocycles. The maximum absolute atomic E-state index is 12.2. The fourth-order valence-electron chi connectivity index (χ4n) is 1.77. The van der Waals surface area contributed by atoms with Crippen LogP contribution in [0.2, 0.25) is 0 Å². The van der Waals surface area contributed by atoms with Gasteiger partial charge in [0.1, 0.15) is 0 Å². The molecule has 1 heterocycles. The Bertz CT molecular complexity index is 586. The van der Waals surface area contributed by atoms with Crippen molar-refractivity contribution in [2.75, 3.05) is 17.7 Å². The SMILES string of the molecule is CCn1cc(NC(=O)C(CS)[N+](=O)CNC(C)C)ccc1=O. The van der Waals surface area contributed by atoms with E-state index >= 15 is 0 Å². The molecule has 1 unspecified atom stereocenters. The molecule has 1 rings (SSSR count). The summed E-state index contributed by atoms with van der Waals surface area (Å²) >= 11 is 4.07. The van der Waals surface area contributed by atoms with Crippen molar-refractivity contribution in [1.82, 2.24) is 9.88 Å². The normalized spacial score (nSPS) is 12.2. The quantitative estimate of drug-likeness (QED) is 0.375. The lowest BCUT2D eigenvalue weighted by Crippen LogP contribution is -2.43. The highest BCUT2D eigenvalue weighted by Gasteiger charge is 2.32. The molecule has 1 atom stereocenters. The zero-order valence-corrected chi connectivity index (χ0v) is 14.0. The molecule has 7 nitrogen and oxygen atoms in total. The van der Waals surface area contributed by atoms with Crippen molar-refractivity contribution in [3.05, 3.63) is 33.6 Å². The standard InChI is InChI=1S/C14H22N4O3S/c1-4-17-7-11(5-6-13(17)19)16-14(20)12(8-22)18(21)9-15-10(2)3/h5-7,10,12,15H,4,8-9H2,1-3H3,(H-,16,20,22)/p+1. The van der Waals surface area contributed by atoms with Gasteiger partial charge in [-0.05, 0) is 26.8 Å². The van der Waals surface area contributed by atoms with Gasteiger partial charge in [0, 0.05) is 34.5 Å². The topological polar surface area (TPSA) is 83.2 Å². The molecule has 0 spiro atoms. The highest BCUT2D eigenvalue weighted by Crippen LogP contribution is 2.06. The molecule has 0 saturated heterocycles. The van der Waals surface area contributed by atoms with Crippen molar-refractivity contribution in [2.45, 2.75) is 39.4 Å². The van der Waals surface area contributed by atoms with Gasteiger partial charge >= 0.3 is 0 Å². The highest BCUT2D eigenvalue weighted by atomic mass is 32.1. The monoisotopic (exact) mass is 327 g/mol. The van der Waals surface area contributed by atoms with Crippen LogP contribution in [0.3, 0.4) is 0 Å². The number of carbonyl (C=O) groups excluding carboxylic acids is 1. The average Bonchev–Trinajstić information content (AvgIpc) is 2.47. The minimum Gasteiger partial charge on any atom is -0.319 e. The van der Waals surface area contributed by atoms with Crippen molar-refractivity contribution in [2.24, 2.45) is 0 Å². The number of carbonyl (C=O) groups is 1. The third-order valence-electron chi connectivity index (χ3n) is 3.07. The van der Waals surface area contributed by atoms with E-state index in [1.165, 1.54) is 16.7 Å². The Morgan fingerprint density at radius 1 is 1.41 bits per heavy atom. The largest absolute Gasteiger partial charge is 0.319 e. The molecule has 122 valence electrons. The lowest BCUT2D eigenvalue weighted by molar-refractivity contribution is -0.572. The summed E-state index contributed by atoms with van der Waals surface area (Å²) in [6.07, 6.45) is 1.55. The van der Waals surface area contributed by atoms with E-state index in [4.69, 9.17) is 0 Å². The van der Waals surface area contributed by atoms with Crippen molar-refractivity contribution in [3.63, 3.8) is 0 Å². The summed E-state index contributed by atoms with van der Waals surface area (Å²) < 4.78 is 2.14. The van der Waals surface area contributed by atoms with Crippen LogP contribution < -0.4 is 16.2 Å². The smallest absolute Gasteiger partial charge is 0.298 e. The molecule has 0 bridgehead atoms. The Kier molecular flexibility index (Phi) is 7.26. The summed E-state index contributed by atoms with van der Waals surface area (Å²) in [6.45, 7) is 6.21. The maximum atomic E-state index is 12.2. The zero-order chi connectivity index (χ0) is 16.7. The average molecular weight is 327 g/mol. The van der Waals surface area contributed by atoms with Crippen LogP contribution in [0.15, 0.2) is 23.1 Å². The Balaban J connectivity index is 2.76. The van der Waals surface area contributed by atoms with Gasteiger partial charge in [0.15, 0.2) is 0 Å². The van der Waals surface area contributed by atoms with E-state index in [1.807, 2.05) is 20.8 Å². The molecule has 22 heavy (non-hydrogen) atoms. The van der Waals surface area contributed by atoms with Gasteiger partial charge in [-0.3, -0.25) is 14.9 Å². The van der Waals surface area contributed by atoms with Crippen LogP contribution in [0.1, 0.15) is 20.8 Å². The minimum atomic E-state index is -0.906. The predicted octanol–water partition coefficient (Wildman–Crippen LogP) is 0.839. The Labute approximate surface area is 135 Å². The molecule has 0 fully saturated rings. The number of pyridine rings is 1. The van der Waals surface area contributed by atoms with E-state index in [0.717, 1.165) is 0 Å². The van der Waals surface area contributed by atoms with Crippen LogP contribution in [0.5, 0.6) is 0 Å². The third kappa shape index (κ3) is 5.27. The number of nitrogens with zero attached hydrogens (tertiary/aromatic N) is 2. The molecular formula is C14H23N4O3S+. The first-order valence-electron chi connectivity index (χ1n) is 7.18. The molecular weight excluding hydrogens is 304 g/mol. The molecule has 2 N–H and O–H groups in total. The summed E-state index contributed by atoms with van der Waals surface area (Å²) in [6, 6.07) is 2.14. The third-order valence-corrected chi connectivity index (χ3v) is 3.42. The number of nitrogens with one attached hydrogen (secondary N) is 2. The van der Waals surface area contributed by atoms with E-state index in [0.29, 0.717) is 17.0 Å². The minimum absolute atomic E-state index is 0.0464. The Morgan fingerprint density at radius 2 is 2.09 bits per heavy atom. The fraction of sp³-hybridized carbons (Fsp3) is 0.571. The van der Waals surface area contributed by atoms with Gasteiger partial charge in [-0.1, -0.05) is 0 Å². The summed E-state index contributed by atoms with van der Waals surface area (Å²) in [5.41, 5.74) is 0.335. The molecule has 8 heteroatoms. The predicted molar refractivity (Wildman–Crippen MR) is 89.4 cm³/mol. The van der Waals surface area contributed by atoms with Gasteiger partial charge in [0.2, 0.25) is 6.67 Å². The number of aromatic nitrogens is 1. The van der Waals surface area contributed by atoms with Crippen LogP contribution >= 0.6 is 12.6 Å². The highest BCUT2D eigenvalue weighted by molar-refractivity contribution is 7.80. The maximum Gasteiger partial charge on any atom is 0.298 e. The first-order valence-corrected chi connectivity index (χ1v) is 7.81. The molecule has 0 saturated carbocycles. The second-order valence-corrected chi connectivity index (χ2v) is 5.53. The van der Waals surface area contributed by atoms with Gasteiger partial charge in [-0.15, -0.1) is 0 Å². The first kappa shape index (κ1) is 18.4. The number of hydrogen-bond donors (Lipinski definition) is 3. The first-order chi connectivity index (χ1) is 10.4. The molecule has 0 radical (unpaired) electrons. The van der Waals surface area contributed by atoms with E-state index < -0.39 is 11.9 Å². The number of anilines is 1. The van der Waals surface area contributed by atoms with Gasteiger partial charge in [0.05, 0.1) is 11.4 Å². The lowest BCUT2D eigenvalue weighted by Gasteiger charge is -2.11. The molecule has 0 aliphatic rings. The molecule has 1 aromatic rings. The Morgan fingerprint density at radius 3 is 2.64 bits per heavy atom. The van der Waals surface area contributed by atoms with Crippen molar-refractivity contribution < 1.29 is 9.55 Å². The summed E-state index contributed by atoms with van der Waals surface area (Å²) in [5.74, 6) is -0.348. The molecule has 0 aliphatic carbocycles. The number of aryl methyl sites for hydroxylation is 1. The summed E-state index contributed by atoms with van der Waals surface area (Å²) in [7, 11) is 0. The summed E-state index contributed by atoms with van der Waals surface area (Å²) in [5, 5.41) is 5.60. The van der Waals surface area contributed by atoms with Crippen molar-refractivity contribution in [3.8, 4) is 0 Å². The van der Waals surface area contributed by atoms with E-state index in [1.54, 1.807) is 6.20 Å². The second-order valence-electron chi connectivity index (χ2n) is 5.16. The van der Waals surface area contributed by atoms with E-state index in [9.17, 15) is 14.5 Å². The van der Waals surface area contributed by atoms with Crippen LogP contribution in [-0.4, -0.2) is 39.7 Å². The van der Waals surface area contributed by atoms with Crippen molar-refractivity contribution in [1.29, 1.82) is 0 Å². The van der Waals surface area contributed by atoms with E-state index in [2.05, 4.69) is 23.3 Å².